The predicted octanol–water partition coefficient (Wildman–Crippen LogP) is 1.96. The molecule has 0 unspecified atom stereocenters. The van der Waals surface area contributed by atoms with Gasteiger partial charge in [-0.3, -0.25) is 4.79 Å². The quantitative estimate of drug-likeness (QED) is 0.887. The molecule has 0 saturated carbocycles. The molecule has 0 aliphatic rings. The number of carbonyl (C=O) groups is 1. The highest BCUT2D eigenvalue weighted by Gasteiger charge is 2.26. The van der Waals surface area contributed by atoms with Gasteiger partial charge in [-0.15, -0.1) is 0 Å². The Morgan fingerprint density at radius 1 is 1.29 bits per heavy atom. The highest BCUT2D eigenvalue weighted by Crippen LogP contribution is 2.19. The number of aromatic nitrogens is 2. The van der Waals surface area contributed by atoms with Crippen LogP contribution in [0, 0.1) is 0 Å². The molecule has 112 valence electrons. The average Bonchev–Trinajstić information content (AvgIpc) is 2.91. The Hall–Kier alpha value is -2.35. The number of carbonyl (C=O) groups excluding carboxylic acids is 1. The van der Waals surface area contributed by atoms with Gasteiger partial charge in [0.05, 0.1) is 30.8 Å². The van der Waals surface area contributed by atoms with Gasteiger partial charge in [0.15, 0.2) is 0 Å². The number of halogens is 3. The molecule has 0 bridgehead atoms. The molecule has 1 aromatic heterocycles. The minimum atomic E-state index is -4.34. The second-order valence-electron chi connectivity index (χ2n) is 4.25. The second-order valence-corrected chi connectivity index (χ2v) is 4.25. The summed E-state index contributed by atoms with van der Waals surface area (Å²) in [7, 11) is 0. The molecule has 21 heavy (non-hydrogen) atoms. The number of alkyl halides is 3. The van der Waals surface area contributed by atoms with Crippen molar-refractivity contribution in [3.8, 4) is 5.69 Å². The first-order valence-electron chi connectivity index (χ1n) is 6.10. The summed E-state index contributed by atoms with van der Waals surface area (Å²) in [5, 5.41) is 4.61. The Kier molecular flexibility index (Phi) is 4.59. The third-order valence-corrected chi connectivity index (χ3v) is 2.57. The predicted molar refractivity (Wildman–Crippen MR) is 71.1 cm³/mol. The van der Waals surface area contributed by atoms with Gasteiger partial charge in [-0.1, -0.05) is 12.1 Å². The van der Waals surface area contributed by atoms with Crippen LogP contribution in [0.25, 0.3) is 5.69 Å². The normalized spacial score (nSPS) is 11.4. The average molecular weight is 298 g/mol. The molecule has 1 amide bonds. The van der Waals surface area contributed by atoms with Gasteiger partial charge in [-0.2, -0.15) is 13.2 Å². The van der Waals surface area contributed by atoms with Crippen molar-refractivity contribution in [1.82, 2.24) is 14.9 Å². The van der Waals surface area contributed by atoms with Crippen LogP contribution in [-0.2, 0) is 4.79 Å². The number of hydrogen-bond donors (Lipinski definition) is 2. The number of amides is 1. The molecule has 5 nitrogen and oxygen atoms in total. The number of imidazole rings is 1. The highest BCUT2D eigenvalue weighted by molar-refractivity contribution is 5.94. The van der Waals surface area contributed by atoms with Crippen LogP contribution >= 0.6 is 0 Å². The maximum absolute atomic E-state index is 12.0. The molecule has 0 saturated heterocycles. The first-order chi connectivity index (χ1) is 9.96. The molecule has 1 aromatic carbocycles. The lowest BCUT2D eigenvalue weighted by molar-refractivity contribution is -0.126. The van der Waals surface area contributed by atoms with E-state index in [0.717, 1.165) is 0 Å². The van der Waals surface area contributed by atoms with Crippen LogP contribution in [0.5, 0.6) is 0 Å². The molecule has 0 atom stereocenters. The topological polar surface area (TPSA) is 59.0 Å². The highest BCUT2D eigenvalue weighted by atomic mass is 19.4. The Morgan fingerprint density at radius 2 is 2.05 bits per heavy atom. The summed E-state index contributed by atoms with van der Waals surface area (Å²) in [5.41, 5.74) is 1.17. The second kappa shape index (κ2) is 6.40. The molecule has 2 aromatic rings. The van der Waals surface area contributed by atoms with Crippen molar-refractivity contribution >= 4 is 11.6 Å². The number of nitrogens with one attached hydrogen (secondary N) is 2. The number of rotatable bonds is 5. The van der Waals surface area contributed by atoms with Gasteiger partial charge in [0, 0.05) is 12.4 Å². The Bertz CT molecular complexity index is 596. The molecule has 8 heteroatoms. The number of anilines is 1. The molecule has 0 radical (unpaired) electrons. The lowest BCUT2D eigenvalue weighted by atomic mass is 10.2. The lowest BCUT2D eigenvalue weighted by Crippen LogP contribution is -2.35. The largest absolute Gasteiger partial charge is 0.401 e. The molecule has 0 aliphatic heterocycles. The zero-order valence-corrected chi connectivity index (χ0v) is 10.9. The van der Waals surface area contributed by atoms with Crippen LogP contribution < -0.4 is 10.6 Å². The van der Waals surface area contributed by atoms with Gasteiger partial charge in [-0.25, -0.2) is 4.98 Å². The molecule has 2 N–H and O–H groups in total. The van der Waals surface area contributed by atoms with E-state index in [4.69, 9.17) is 0 Å². The van der Waals surface area contributed by atoms with E-state index < -0.39 is 25.2 Å². The third kappa shape index (κ3) is 4.60. The number of benzene rings is 1. The summed E-state index contributed by atoms with van der Waals surface area (Å²) in [5.74, 6) is -0.549. The van der Waals surface area contributed by atoms with E-state index in [-0.39, 0.29) is 0 Å². The lowest BCUT2D eigenvalue weighted by Gasteiger charge is -2.12. The summed E-state index contributed by atoms with van der Waals surface area (Å²) in [6, 6.07) is 6.93. The van der Waals surface area contributed by atoms with Gasteiger partial charge in [0.1, 0.15) is 0 Å². The van der Waals surface area contributed by atoms with Crippen molar-refractivity contribution in [2.45, 2.75) is 6.18 Å². The summed E-state index contributed by atoms with van der Waals surface area (Å²) in [6.45, 7) is -1.62. The molecule has 0 aliphatic carbocycles. The molecule has 2 rings (SSSR count). The summed E-state index contributed by atoms with van der Waals surface area (Å²) in [4.78, 5) is 15.6. The van der Waals surface area contributed by atoms with Gasteiger partial charge >= 0.3 is 6.18 Å². The van der Waals surface area contributed by atoms with E-state index in [9.17, 15) is 18.0 Å². The van der Waals surface area contributed by atoms with Crippen LogP contribution in [0.3, 0.4) is 0 Å². The van der Waals surface area contributed by atoms with Crippen LogP contribution in [0.1, 0.15) is 0 Å². The number of hydrogen-bond acceptors (Lipinski definition) is 3. The van der Waals surface area contributed by atoms with E-state index in [1.54, 1.807) is 47.6 Å². The Labute approximate surface area is 118 Å². The van der Waals surface area contributed by atoms with E-state index in [1.807, 2.05) is 5.32 Å². The van der Waals surface area contributed by atoms with Crippen molar-refractivity contribution in [3.63, 3.8) is 0 Å². The van der Waals surface area contributed by atoms with Gasteiger partial charge in [-0.05, 0) is 12.1 Å². The SMILES string of the molecule is O=C(CNCC(F)(F)F)Nc1ccccc1-n1ccnc1. The number of para-hydroxylation sites is 2. The molecule has 1 heterocycles. The van der Waals surface area contributed by atoms with Gasteiger partial charge < -0.3 is 15.2 Å². The van der Waals surface area contributed by atoms with E-state index in [2.05, 4.69) is 10.3 Å². The maximum atomic E-state index is 12.0. The van der Waals surface area contributed by atoms with Crippen LogP contribution in [-0.4, -0.2) is 34.7 Å². The fourth-order valence-corrected chi connectivity index (χ4v) is 1.72. The van der Waals surface area contributed by atoms with Crippen LogP contribution in [0.4, 0.5) is 18.9 Å². The first-order valence-corrected chi connectivity index (χ1v) is 6.10. The zero-order chi connectivity index (χ0) is 15.3. The molecular weight excluding hydrogens is 285 g/mol. The van der Waals surface area contributed by atoms with E-state index in [0.29, 0.717) is 11.4 Å². The van der Waals surface area contributed by atoms with Crippen molar-refractivity contribution in [3.05, 3.63) is 43.0 Å². The minimum Gasteiger partial charge on any atom is -0.323 e. The van der Waals surface area contributed by atoms with E-state index >= 15 is 0 Å². The van der Waals surface area contributed by atoms with Crippen LogP contribution in [0.2, 0.25) is 0 Å². The Balaban J connectivity index is 1.99. The van der Waals surface area contributed by atoms with Crippen molar-refractivity contribution in [2.75, 3.05) is 18.4 Å². The van der Waals surface area contributed by atoms with Crippen LogP contribution in [0.15, 0.2) is 43.0 Å². The first kappa shape index (κ1) is 15.0. The molecule has 0 spiro atoms. The molecule has 0 fully saturated rings. The number of nitrogens with zero attached hydrogens (tertiary/aromatic N) is 2. The van der Waals surface area contributed by atoms with Gasteiger partial charge in [0.2, 0.25) is 5.91 Å². The Morgan fingerprint density at radius 3 is 2.71 bits per heavy atom. The maximum Gasteiger partial charge on any atom is 0.401 e. The smallest absolute Gasteiger partial charge is 0.323 e. The van der Waals surface area contributed by atoms with Crippen molar-refractivity contribution in [1.29, 1.82) is 0 Å². The van der Waals surface area contributed by atoms with Gasteiger partial charge in [0.25, 0.3) is 0 Å². The summed E-state index contributed by atoms with van der Waals surface area (Å²) in [6.07, 6.45) is 0.512. The monoisotopic (exact) mass is 298 g/mol. The minimum absolute atomic E-state index is 0.419. The summed E-state index contributed by atoms with van der Waals surface area (Å²) >= 11 is 0. The fourth-order valence-electron chi connectivity index (χ4n) is 1.72. The zero-order valence-electron chi connectivity index (χ0n) is 10.9. The van der Waals surface area contributed by atoms with E-state index in [1.165, 1.54) is 0 Å². The molecular formula is C13H13F3N4O. The van der Waals surface area contributed by atoms with Crippen molar-refractivity contribution in [2.24, 2.45) is 0 Å². The standard InChI is InChI=1S/C13H13F3N4O/c14-13(15,16)8-18-7-12(21)19-10-3-1-2-4-11(10)20-6-5-17-9-20/h1-6,9,18H,7-8H2,(H,19,21). The summed E-state index contributed by atoms with van der Waals surface area (Å²) < 4.78 is 37.6. The van der Waals surface area contributed by atoms with Crippen molar-refractivity contribution < 1.29 is 18.0 Å². The fraction of sp³-hybridized carbons (Fsp3) is 0.231. The third-order valence-electron chi connectivity index (χ3n) is 2.57.